The van der Waals surface area contributed by atoms with Gasteiger partial charge in [-0.15, -0.1) is 0 Å². The average molecular weight is 261 g/mol. The minimum atomic E-state index is -0.945. The molecule has 4 bridgehead atoms. The summed E-state index contributed by atoms with van der Waals surface area (Å²) in [5.74, 6) is 2.03. The number of nitrogens with zero attached hydrogens (tertiary/aromatic N) is 1. The first-order valence-electron chi connectivity index (χ1n) is 7.37. The Kier molecular flexibility index (Phi) is 2.32. The maximum Gasteiger partial charge on any atom is 0.333 e. The van der Waals surface area contributed by atoms with E-state index < -0.39 is 5.97 Å². The van der Waals surface area contributed by atoms with Gasteiger partial charge in [0.05, 0.1) is 12.0 Å². The number of carbonyl (C=O) groups excluding carboxylic acids is 1. The topological polar surface area (TPSA) is 57.6 Å². The molecule has 4 aliphatic carbocycles. The highest BCUT2D eigenvalue weighted by Gasteiger charge is 2.51. The first-order chi connectivity index (χ1) is 9.11. The van der Waals surface area contributed by atoms with Crippen LogP contribution >= 0.6 is 0 Å². The second-order valence-corrected chi connectivity index (χ2v) is 6.86. The number of carboxylic acid groups (broad SMARTS) is 1. The fraction of sp³-hybridized carbons (Fsp3) is 0.733. The lowest BCUT2D eigenvalue weighted by Crippen LogP contribution is -2.55. The Balaban J connectivity index is 1.62. The average Bonchev–Trinajstić information content (AvgIpc) is 2.70. The SMILES string of the molecule is O=C(O)C1=CN(C2C3CC4CC(C3)CC2C4)C(=O)C1. The molecule has 0 aromatic carbocycles. The summed E-state index contributed by atoms with van der Waals surface area (Å²) in [6.45, 7) is 0. The third-order valence-corrected chi connectivity index (χ3v) is 5.70. The highest BCUT2D eigenvalue weighted by Crippen LogP contribution is 2.55. The largest absolute Gasteiger partial charge is 0.478 e. The molecule has 5 rings (SSSR count). The van der Waals surface area contributed by atoms with Crippen LogP contribution in [0.3, 0.4) is 0 Å². The first kappa shape index (κ1) is 11.5. The predicted octanol–water partition coefficient (Wildman–Crippen LogP) is 2.01. The number of hydrogen-bond acceptors (Lipinski definition) is 2. The van der Waals surface area contributed by atoms with Crippen molar-refractivity contribution in [3.05, 3.63) is 11.8 Å². The van der Waals surface area contributed by atoms with Crippen molar-refractivity contribution < 1.29 is 14.7 Å². The molecule has 5 aliphatic rings. The fourth-order valence-corrected chi connectivity index (χ4v) is 5.27. The molecule has 0 aromatic rings. The molecule has 0 unspecified atom stereocenters. The highest BCUT2D eigenvalue weighted by molar-refractivity contribution is 5.97. The molecule has 4 nitrogen and oxygen atoms in total. The second-order valence-electron chi connectivity index (χ2n) is 6.86. The van der Waals surface area contributed by atoms with Gasteiger partial charge in [0.15, 0.2) is 0 Å². The summed E-state index contributed by atoms with van der Waals surface area (Å²) in [5.41, 5.74) is 0.263. The number of carbonyl (C=O) groups is 2. The van der Waals surface area contributed by atoms with E-state index in [9.17, 15) is 9.59 Å². The van der Waals surface area contributed by atoms with Gasteiger partial charge in [-0.05, 0) is 55.8 Å². The van der Waals surface area contributed by atoms with Gasteiger partial charge in [0.25, 0.3) is 0 Å². The summed E-state index contributed by atoms with van der Waals surface area (Å²) in [6.07, 6.45) is 8.09. The van der Waals surface area contributed by atoms with Crippen molar-refractivity contribution >= 4 is 11.9 Å². The van der Waals surface area contributed by atoms with Gasteiger partial charge in [-0.2, -0.15) is 0 Å². The highest BCUT2D eigenvalue weighted by atomic mass is 16.4. The molecular formula is C15H19NO3. The van der Waals surface area contributed by atoms with Crippen LogP contribution in [0, 0.1) is 23.7 Å². The lowest BCUT2D eigenvalue weighted by molar-refractivity contribution is -0.137. The van der Waals surface area contributed by atoms with E-state index in [1.807, 2.05) is 0 Å². The molecular weight excluding hydrogens is 242 g/mol. The third kappa shape index (κ3) is 1.65. The summed E-state index contributed by atoms with van der Waals surface area (Å²) < 4.78 is 0. The Bertz CT molecular complexity index is 454. The van der Waals surface area contributed by atoms with Gasteiger partial charge in [-0.25, -0.2) is 4.79 Å². The molecule has 0 radical (unpaired) electrons. The first-order valence-corrected chi connectivity index (χ1v) is 7.37. The molecule has 102 valence electrons. The second kappa shape index (κ2) is 3.84. The molecule has 4 fully saturated rings. The van der Waals surface area contributed by atoms with Gasteiger partial charge in [0.1, 0.15) is 0 Å². The molecule has 1 aliphatic heterocycles. The predicted molar refractivity (Wildman–Crippen MR) is 68.0 cm³/mol. The van der Waals surface area contributed by atoms with E-state index in [1.165, 1.54) is 32.1 Å². The maximum absolute atomic E-state index is 12.1. The number of rotatable bonds is 2. The van der Waals surface area contributed by atoms with Crippen molar-refractivity contribution in [1.82, 2.24) is 4.90 Å². The Labute approximate surface area is 112 Å². The van der Waals surface area contributed by atoms with Crippen molar-refractivity contribution in [2.45, 2.75) is 44.6 Å². The molecule has 0 aromatic heterocycles. The van der Waals surface area contributed by atoms with Gasteiger partial charge in [0.2, 0.25) is 5.91 Å². The molecule has 4 heteroatoms. The van der Waals surface area contributed by atoms with Gasteiger partial charge >= 0.3 is 5.97 Å². The normalized spacial score (nSPS) is 43.8. The summed E-state index contributed by atoms with van der Waals surface area (Å²) in [6, 6.07) is 0.289. The van der Waals surface area contributed by atoms with E-state index in [1.54, 1.807) is 11.1 Å². The van der Waals surface area contributed by atoms with Gasteiger partial charge in [-0.3, -0.25) is 4.79 Å². The number of aliphatic carboxylic acids is 1. The van der Waals surface area contributed by atoms with E-state index in [0.29, 0.717) is 11.8 Å². The van der Waals surface area contributed by atoms with Gasteiger partial charge in [0, 0.05) is 12.2 Å². The van der Waals surface area contributed by atoms with Crippen molar-refractivity contribution in [2.24, 2.45) is 23.7 Å². The summed E-state index contributed by atoms with van der Waals surface area (Å²) in [7, 11) is 0. The quantitative estimate of drug-likeness (QED) is 0.827. The molecule has 1 heterocycles. The Hall–Kier alpha value is -1.32. The molecule has 19 heavy (non-hydrogen) atoms. The molecule has 0 spiro atoms. The van der Waals surface area contributed by atoms with Crippen LogP contribution in [-0.2, 0) is 9.59 Å². The van der Waals surface area contributed by atoms with Gasteiger partial charge in [-0.1, -0.05) is 0 Å². The lowest BCUT2D eigenvalue weighted by Gasteiger charge is -2.56. The van der Waals surface area contributed by atoms with Crippen LogP contribution in [0.4, 0.5) is 0 Å². The summed E-state index contributed by atoms with van der Waals surface area (Å²) in [5, 5.41) is 9.05. The lowest BCUT2D eigenvalue weighted by atomic mass is 9.54. The number of amides is 1. The van der Waals surface area contributed by atoms with Crippen LogP contribution < -0.4 is 0 Å². The fourth-order valence-electron chi connectivity index (χ4n) is 5.27. The minimum Gasteiger partial charge on any atom is -0.478 e. The van der Waals surface area contributed by atoms with E-state index in [4.69, 9.17) is 5.11 Å². The molecule has 0 atom stereocenters. The van der Waals surface area contributed by atoms with Crippen molar-refractivity contribution in [3.8, 4) is 0 Å². The monoisotopic (exact) mass is 261 g/mol. The summed E-state index contributed by atoms with van der Waals surface area (Å²) >= 11 is 0. The molecule has 1 N–H and O–H groups in total. The minimum absolute atomic E-state index is 0.00475. The van der Waals surface area contributed by atoms with Crippen molar-refractivity contribution in [3.63, 3.8) is 0 Å². The maximum atomic E-state index is 12.1. The Morgan fingerprint density at radius 2 is 1.68 bits per heavy atom. The summed E-state index contributed by atoms with van der Waals surface area (Å²) in [4.78, 5) is 24.9. The molecule has 4 saturated carbocycles. The van der Waals surface area contributed by atoms with Crippen molar-refractivity contribution in [2.75, 3.05) is 0 Å². The molecule has 1 amide bonds. The van der Waals surface area contributed by atoms with Crippen LogP contribution in [0.1, 0.15) is 38.5 Å². The van der Waals surface area contributed by atoms with Crippen LogP contribution in [0.5, 0.6) is 0 Å². The van der Waals surface area contributed by atoms with E-state index in [2.05, 4.69) is 0 Å². The number of carboxylic acids is 1. The molecule has 0 saturated heterocycles. The zero-order chi connectivity index (χ0) is 13.1. The van der Waals surface area contributed by atoms with E-state index >= 15 is 0 Å². The number of hydrogen-bond donors (Lipinski definition) is 1. The third-order valence-electron chi connectivity index (χ3n) is 5.70. The zero-order valence-corrected chi connectivity index (χ0v) is 10.9. The van der Waals surface area contributed by atoms with Crippen LogP contribution in [0.15, 0.2) is 11.8 Å². The van der Waals surface area contributed by atoms with Crippen LogP contribution in [0.25, 0.3) is 0 Å². The Morgan fingerprint density at radius 3 is 2.16 bits per heavy atom. The Morgan fingerprint density at radius 1 is 1.11 bits per heavy atom. The zero-order valence-electron chi connectivity index (χ0n) is 10.9. The van der Waals surface area contributed by atoms with E-state index in [0.717, 1.165) is 11.8 Å². The smallest absolute Gasteiger partial charge is 0.333 e. The van der Waals surface area contributed by atoms with Gasteiger partial charge < -0.3 is 10.0 Å². The van der Waals surface area contributed by atoms with Crippen LogP contribution in [0.2, 0.25) is 0 Å². The van der Waals surface area contributed by atoms with E-state index in [-0.39, 0.29) is 23.9 Å². The van der Waals surface area contributed by atoms with Crippen molar-refractivity contribution in [1.29, 1.82) is 0 Å². The standard InChI is InChI=1S/C15H19NO3/c17-13-6-12(15(18)19)7-16(13)14-10-2-8-1-9(4-10)5-11(14)3-8/h7-11,14H,1-6H2,(H,18,19). The van der Waals surface area contributed by atoms with Crippen LogP contribution in [-0.4, -0.2) is 27.9 Å².